The molecule has 0 aromatic heterocycles. The number of halogens is 4. The van der Waals surface area contributed by atoms with Crippen LogP contribution in [0, 0.1) is 11.6 Å². The van der Waals surface area contributed by atoms with E-state index in [9.17, 15) is 17.6 Å². The Balaban J connectivity index is 2.60. The van der Waals surface area contributed by atoms with Gasteiger partial charge in [0.15, 0.2) is 0 Å². The van der Waals surface area contributed by atoms with E-state index < -0.39 is 24.7 Å². The maximum absolute atomic E-state index is 13.6. The lowest BCUT2D eigenvalue weighted by Gasteiger charge is -2.19. The fourth-order valence-corrected chi connectivity index (χ4v) is 1.77. The van der Waals surface area contributed by atoms with Crippen LogP contribution in [0.3, 0.4) is 0 Å². The molecule has 1 N–H and O–H groups in total. The Labute approximate surface area is 109 Å². The SMILES string of the molecule is CCNC(CCOCC(F)F)c1ccc(F)cc1F. The molecule has 0 saturated heterocycles. The van der Waals surface area contributed by atoms with Crippen LogP contribution in [0.5, 0.6) is 0 Å². The molecule has 0 heterocycles. The lowest BCUT2D eigenvalue weighted by Crippen LogP contribution is -2.23. The summed E-state index contributed by atoms with van der Waals surface area (Å²) in [6.45, 7) is 1.87. The van der Waals surface area contributed by atoms with Gasteiger partial charge in [-0.2, -0.15) is 0 Å². The van der Waals surface area contributed by atoms with Gasteiger partial charge in [0.1, 0.15) is 18.2 Å². The van der Waals surface area contributed by atoms with Crippen LogP contribution in [0.2, 0.25) is 0 Å². The summed E-state index contributed by atoms with van der Waals surface area (Å²) in [5.74, 6) is -1.30. The maximum atomic E-state index is 13.6. The number of nitrogens with one attached hydrogen (secondary N) is 1. The van der Waals surface area contributed by atoms with Gasteiger partial charge in [0.2, 0.25) is 0 Å². The first-order chi connectivity index (χ1) is 9.04. The first-order valence-corrected chi connectivity index (χ1v) is 6.08. The summed E-state index contributed by atoms with van der Waals surface area (Å²) in [7, 11) is 0. The molecule has 0 bridgehead atoms. The quantitative estimate of drug-likeness (QED) is 0.582. The predicted molar refractivity (Wildman–Crippen MR) is 64.2 cm³/mol. The molecule has 108 valence electrons. The molecule has 0 amide bonds. The standard InChI is InChI=1S/C13H17F4NO/c1-2-18-12(5-6-19-8-13(16)17)10-4-3-9(14)7-11(10)15/h3-4,7,12-13,18H,2,5-6,8H2,1H3. The van der Waals surface area contributed by atoms with Crippen molar-refractivity contribution in [2.75, 3.05) is 19.8 Å². The van der Waals surface area contributed by atoms with E-state index in [-0.39, 0.29) is 12.6 Å². The summed E-state index contributed by atoms with van der Waals surface area (Å²) in [4.78, 5) is 0. The summed E-state index contributed by atoms with van der Waals surface area (Å²) < 4.78 is 55.0. The molecule has 0 aliphatic rings. The van der Waals surface area contributed by atoms with Crippen LogP contribution < -0.4 is 5.32 Å². The second kappa shape index (κ2) is 8.12. The fourth-order valence-electron chi connectivity index (χ4n) is 1.77. The smallest absolute Gasteiger partial charge is 0.261 e. The van der Waals surface area contributed by atoms with Gasteiger partial charge in [-0.1, -0.05) is 13.0 Å². The first kappa shape index (κ1) is 15.9. The lowest BCUT2D eigenvalue weighted by molar-refractivity contribution is 0.0143. The van der Waals surface area contributed by atoms with Crippen molar-refractivity contribution < 1.29 is 22.3 Å². The van der Waals surface area contributed by atoms with Crippen LogP contribution in [-0.2, 0) is 4.74 Å². The maximum Gasteiger partial charge on any atom is 0.261 e. The Bertz CT molecular complexity index is 387. The second-order valence-corrected chi connectivity index (χ2v) is 4.03. The Kier molecular flexibility index (Phi) is 6.80. The van der Waals surface area contributed by atoms with Gasteiger partial charge in [0.25, 0.3) is 6.43 Å². The molecule has 6 heteroatoms. The molecule has 0 saturated carbocycles. The van der Waals surface area contributed by atoms with E-state index in [1.807, 2.05) is 6.92 Å². The topological polar surface area (TPSA) is 21.3 Å². The van der Waals surface area contributed by atoms with Gasteiger partial charge in [0.05, 0.1) is 0 Å². The summed E-state index contributed by atoms with van der Waals surface area (Å²) in [6, 6.07) is 2.94. The zero-order valence-corrected chi connectivity index (χ0v) is 10.6. The molecule has 1 rings (SSSR count). The van der Waals surface area contributed by atoms with Crippen LogP contribution in [0.4, 0.5) is 17.6 Å². The van der Waals surface area contributed by atoms with Crippen molar-refractivity contribution in [3.63, 3.8) is 0 Å². The Morgan fingerprint density at radius 2 is 2.00 bits per heavy atom. The largest absolute Gasteiger partial charge is 0.375 e. The molecule has 0 spiro atoms. The molecule has 0 aliphatic carbocycles. The normalized spacial score (nSPS) is 12.9. The summed E-state index contributed by atoms with van der Waals surface area (Å²) in [5.41, 5.74) is 0.309. The number of hydrogen-bond donors (Lipinski definition) is 1. The van der Waals surface area contributed by atoms with Gasteiger partial charge < -0.3 is 10.1 Å². The van der Waals surface area contributed by atoms with Crippen molar-refractivity contribution in [1.29, 1.82) is 0 Å². The van der Waals surface area contributed by atoms with Crippen LogP contribution in [0.1, 0.15) is 24.9 Å². The molecule has 19 heavy (non-hydrogen) atoms. The molecule has 1 aromatic carbocycles. The van der Waals surface area contributed by atoms with E-state index in [2.05, 4.69) is 5.32 Å². The Hall–Kier alpha value is -1.14. The van der Waals surface area contributed by atoms with Gasteiger partial charge in [0, 0.05) is 24.3 Å². The zero-order valence-electron chi connectivity index (χ0n) is 10.6. The molecule has 0 radical (unpaired) electrons. The minimum absolute atomic E-state index is 0.0822. The van der Waals surface area contributed by atoms with Crippen molar-refractivity contribution in [1.82, 2.24) is 5.32 Å². The molecule has 2 nitrogen and oxygen atoms in total. The highest BCUT2D eigenvalue weighted by atomic mass is 19.3. The van der Waals surface area contributed by atoms with Gasteiger partial charge in [-0.05, 0) is 19.0 Å². The Morgan fingerprint density at radius 1 is 1.26 bits per heavy atom. The van der Waals surface area contributed by atoms with Crippen LogP contribution in [-0.4, -0.2) is 26.2 Å². The van der Waals surface area contributed by atoms with Crippen molar-refractivity contribution in [3.8, 4) is 0 Å². The van der Waals surface area contributed by atoms with E-state index >= 15 is 0 Å². The van der Waals surface area contributed by atoms with Crippen LogP contribution in [0.25, 0.3) is 0 Å². The minimum atomic E-state index is -2.51. The molecule has 0 aliphatic heterocycles. The number of ether oxygens (including phenoxy) is 1. The molecular formula is C13H17F4NO. The van der Waals surface area contributed by atoms with Crippen LogP contribution in [0.15, 0.2) is 18.2 Å². The highest BCUT2D eigenvalue weighted by Crippen LogP contribution is 2.21. The van der Waals surface area contributed by atoms with Crippen molar-refractivity contribution in [2.45, 2.75) is 25.8 Å². The third kappa shape index (κ3) is 5.57. The summed E-state index contributed by atoms with van der Waals surface area (Å²) in [5, 5.41) is 3.02. The minimum Gasteiger partial charge on any atom is -0.375 e. The molecule has 1 unspecified atom stereocenters. The van der Waals surface area contributed by atoms with E-state index in [4.69, 9.17) is 4.74 Å². The van der Waals surface area contributed by atoms with E-state index in [0.29, 0.717) is 18.5 Å². The number of rotatable bonds is 8. The fraction of sp³-hybridized carbons (Fsp3) is 0.538. The van der Waals surface area contributed by atoms with E-state index in [0.717, 1.165) is 6.07 Å². The van der Waals surface area contributed by atoms with E-state index in [1.165, 1.54) is 12.1 Å². The zero-order chi connectivity index (χ0) is 14.3. The Morgan fingerprint density at radius 3 is 2.58 bits per heavy atom. The van der Waals surface area contributed by atoms with Gasteiger partial charge in [-0.25, -0.2) is 17.6 Å². The molecule has 1 aromatic rings. The van der Waals surface area contributed by atoms with Gasteiger partial charge >= 0.3 is 0 Å². The summed E-state index contributed by atoms with van der Waals surface area (Å²) in [6.07, 6.45) is -2.18. The summed E-state index contributed by atoms with van der Waals surface area (Å²) >= 11 is 0. The van der Waals surface area contributed by atoms with Gasteiger partial charge in [-0.3, -0.25) is 0 Å². The number of benzene rings is 1. The van der Waals surface area contributed by atoms with E-state index in [1.54, 1.807) is 0 Å². The lowest BCUT2D eigenvalue weighted by atomic mass is 10.0. The third-order valence-electron chi connectivity index (χ3n) is 2.58. The second-order valence-electron chi connectivity index (χ2n) is 4.03. The third-order valence-corrected chi connectivity index (χ3v) is 2.58. The number of hydrogen-bond acceptors (Lipinski definition) is 2. The van der Waals surface area contributed by atoms with Gasteiger partial charge in [-0.15, -0.1) is 0 Å². The van der Waals surface area contributed by atoms with Crippen molar-refractivity contribution in [2.24, 2.45) is 0 Å². The molecular weight excluding hydrogens is 262 g/mol. The predicted octanol–water partition coefficient (Wildman–Crippen LogP) is 3.29. The van der Waals surface area contributed by atoms with Crippen LogP contribution >= 0.6 is 0 Å². The van der Waals surface area contributed by atoms with Crippen molar-refractivity contribution >= 4 is 0 Å². The highest BCUT2D eigenvalue weighted by Gasteiger charge is 2.15. The monoisotopic (exact) mass is 279 g/mol. The first-order valence-electron chi connectivity index (χ1n) is 6.08. The van der Waals surface area contributed by atoms with Crippen molar-refractivity contribution in [3.05, 3.63) is 35.4 Å². The average molecular weight is 279 g/mol. The average Bonchev–Trinajstić information content (AvgIpc) is 2.33. The highest BCUT2D eigenvalue weighted by molar-refractivity contribution is 5.22. The molecule has 1 atom stereocenters. The molecule has 0 fully saturated rings. The number of alkyl halides is 2.